The molecule has 1 aliphatic carbocycles. The number of aliphatic hydroxyl groups excluding tert-OH is 1. The van der Waals surface area contributed by atoms with Gasteiger partial charge in [-0.1, -0.05) is 6.92 Å². The summed E-state index contributed by atoms with van der Waals surface area (Å²) >= 11 is 0. The molecule has 0 bridgehead atoms. The summed E-state index contributed by atoms with van der Waals surface area (Å²) in [6.45, 7) is 2.72. The molecule has 1 N–H and O–H groups in total. The van der Waals surface area contributed by atoms with Gasteiger partial charge in [-0.25, -0.2) is 0 Å². The lowest BCUT2D eigenvalue weighted by Crippen LogP contribution is -2.25. The van der Waals surface area contributed by atoms with E-state index in [0.717, 1.165) is 23.7 Å². The molecule has 0 unspecified atom stereocenters. The number of pyridine rings is 1. The van der Waals surface area contributed by atoms with Crippen molar-refractivity contribution < 1.29 is 9.52 Å². The predicted octanol–water partition coefficient (Wildman–Crippen LogP) is 3.29. The molecule has 1 aliphatic rings. The average molecular weight is 272 g/mol. The highest BCUT2D eigenvalue weighted by molar-refractivity contribution is 5.47. The second kappa shape index (κ2) is 5.67. The number of aliphatic hydroxyl groups is 1. The van der Waals surface area contributed by atoms with Crippen molar-refractivity contribution in [2.45, 2.75) is 44.9 Å². The Hall–Kier alpha value is -1.81. The van der Waals surface area contributed by atoms with E-state index in [9.17, 15) is 5.11 Å². The van der Waals surface area contributed by atoms with Crippen molar-refractivity contribution in [3.05, 3.63) is 48.2 Å². The zero-order valence-corrected chi connectivity index (χ0v) is 11.7. The Morgan fingerprint density at radius 3 is 2.80 bits per heavy atom. The van der Waals surface area contributed by atoms with E-state index in [-0.39, 0.29) is 0 Å². The highest BCUT2D eigenvalue weighted by atomic mass is 16.3. The van der Waals surface area contributed by atoms with Crippen LogP contribution >= 0.6 is 0 Å². The number of hydrogen-bond acceptors (Lipinski definition) is 4. The minimum absolute atomic E-state index is 0.469. The zero-order valence-electron chi connectivity index (χ0n) is 11.7. The van der Waals surface area contributed by atoms with E-state index in [2.05, 4.69) is 9.88 Å². The highest BCUT2D eigenvalue weighted by Gasteiger charge is 2.30. The molecule has 4 heteroatoms. The van der Waals surface area contributed by atoms with Crippen molar-refractivity contribution in [2.24, 2.45) is 0 Å². The summed E-state index contributed by atoms with van der Waals surface area (Å²) < 4.78 is 5.44. The van der Waals surface area contributed by atoms with E-state index in [4.69, 9.17) is 4.42 Å². The standard InChI is InChI=1S/C16H20N2O2/c1-2-16(19)15-8-7-13(10-17-15)18(12-5-6-12)11-14-4-3-9-20-14/h3-4,7-10,12,16,19H,2,5-6,11H2,1H3/t16-/m0/s1. The van der Waals surface area contributed by atoms with Gasteiger partial charge in [0, 0.05) is 6.04 Å². The third kappa shape index (κ3) is 2.85. The topological polar surface area (TPSA) is 49.5 Å². The molecule has 4 nitrogen and oxygen atoms in total. The third-order valence-corrected chi connectivity index (χ3v) is 3.72. The van der Waals surface area contributed by atoms with Crippen molar-refractivity contribution in [1.29, 1.82) is 0 Å². The van der Waals surface area contributed by atoms with Gasteiger partial charge in [0.15, 0.2) is 0 Å². The third-order valence-electron chi connectivity index (χ3n) is 3.72. The van der Waals surface area contributed by atoms with E-state index in [1.54, 1.807) is 6.26 Å². The van der Waals surface area contributed by atoms with Crippen LogP contribution in [0.1, 0.15) is 43.7 Å². The minimum Gasteiger partial charge on any atom is -0.467 e. The quantitative estimate of drug-likeness (QED) is 0.876. The monoisotopic (exact) mass is 272 g/mol. The summed E-state index contributed by atoms with van der Waals surface area (Å²) in [6, 6.07) is 8.46. The Bertz CT molecular complexity index is 532. The summed E-state index contributed by atoms with van der Waals surface area (Å²) in [4.78, 5) is 6.71. The van der Waals surface area contributed by atoms with Gasteiger partial charge in [0.1, 0.15) is 5.76 Å². The van der Waals surface area contributed by atoms with Gasteiger partial charge >= 0.3 is 0 Å². The van der Waals surface area contributed by atoms with Crippen molar-refractivity contribution in [2.75, 3.05) is 4.90 Å². The largest absolute Gasteiger partial charge is 0.467 e. The molecule has 0 aliphatic heterocycles. The van der Waals surface area contributed by atoms with Gasteiger partial charge in [-0.2, -0.15) is 0 Å². The van der Waals surface area contributed by atoms with Crippen LogP contribution in [0, 0.1) is 0 Å². The lowest BCUT2D eigenvalue weighted by molar-refractivity contribution is 0.169. The Morgan fingerprint density at radius 2 is 2.25 bits per heavy atom. The van der Waals surface area contributed by atoms with Crippen LogP contribution in [0.4, 0.5) is 5.69 Å². The summed E-state index contributed by atoms with van der Waals surface area (Å²) in [6.07, 6.45) is 6.23. The molecule has 0 amide bonds. The zero-order chi connectivity index (χ0) is 13.9. The van der Waals surface area contributed by atoms with Gasteiger partial charge in [-0.3, -0.25) is 4.98 Å². The lowest BCUT2D eigenvalue weighted by atomic mass is 10.2. The van der Waals surface area contributed by atoms with Gasteiger partial charge in [-0.15, -0.1) is 0 Å². The normalized spacial score (nSPS) is 16.1. The molecule has 1 atom stereocenters. The van der Waals surface area contributed by atoms with Crippen LogP contribution in [0.5, 0.6) is 0 Å². The second-order valence-electron chi connectivity index (χ2n) is 5.30. The highest BCUT2D eigenvalue weighted by Crippen LogP contribution is 2.33. The maximum Gasteiger partial charge on any atom is 0.123 e. The maximum absolute atomic E-state index is 9.80. The SMILES string of the molecule is CC[C@H](O)c1ccc(N(Cc2ccco2)C2CC2)cn1. The molecule has 3 rings (SSSR count). The molecule has 1 fully saturated rings. The molecule has 1 saturated carbocycles. The fourth-order valence-corrected chi connectivity index (χ4v) is 2.36. The van der Waals surface area contributed by atoms with Gasteiger partial charge in [0.05, 0.1) is 36.5 Å². The van der Waals surface area contributed by atoms with E-state index >= 15 is 0 Å². The van der Waals surface area contributed by atoms with Crippen LogP contribution in [0.2, 0.25) is 0 Å². The first-order valence-corrected chi connectivity index (χ1v) is 7.21. The van der Waals surface area contributed by atoms with E-state index in [1.165, 1.54) is 12.8 Å². The molecule has 20 heavy (non-hydrogen) atoms. The first-order valence-electron chi connectivity index (χ1n) is 7.21. The minimum atomic E-state index is -0.469. The van der Waals surface area contributed by atoms with Crippen molar-refractivity contribution >= 4 is 5.69 Å². The average Bonchev–Trinajstić information content (AvgIpc) is 3.21. The summed E-state index contributed by atoms with van der Waals surface area (Å²) in [5.41, 5.74) is 1.83. The Balaban J connectivity index is 1.77. The predicted molar refractivity (Wildman–Crippen MR) is 77.4 cm³/mol. The summed E-state index contributed by atoms with van der Waals surface area (Å²) in [7, 11) is 0. The lowest BCUT2D eigenvalue weighted by Gasteiger charge is -2.23. The second-order valence-corrected chi connectivity index (χ2v) is 5.30. The number of anilines is 1. The van der Waals surface area contributed by atoms with Crippen LogP contribution in [-0.4, -0.2) is 16.1 Å². The van der Waals surface area contributed by atoms with Crippen molar-refractivity contribution in [3.8, 4) is 0 Å². The van der Waals surface area contributed by atoms with Crippen molar-refractivity contribution in [1.82, 2.24) is 4.98 Å². The van der Waals surface area contributed by atoms with Crippen LogP contribution in [0.3, 0.4) is 0 Å². The van der Waals surface area contributed by atoms with Crippen LogP contribution in [0.15, 0.2) is 41.1 Å². The van der Waals surface area contributed by atoms with E-state index in [1.807, 2.05) is 37.4 Å². The maximum atomic E-state index is 9.80. The number of aromatic nitrogens is 1. The molecule has 106 valence electrons. The van der Waals surface area contributed by atoms with E-state index < -0.39 is 6.10 Å². The summed E-state index contributed by atoms with van der Waals surface area (Å²) in [5.74, 6) is 0.967. The van der Waals surface area contributed by atoms with Gasteiger partial charge in [-0.05, 0) is 43.5 Å². The fourth-order valence-electron chi connectivity index (χ4n) is 2.36. The van der Waals surface area contributed by atoms with Gasteiger partial charge in [0.2, 0.25) is 0 Å². The molecular formula is C16H20N2O2. The van der Waals surface area contributed by atoms with E-state index in [0.29, 0.717) is 12.5 Å². The molecule has 0 aromatic carbocycles. The van der Waals surface area contributed by atoms with Crippen LogP contribution < -0.4 is 4.90 Å². The molecule has 0 saturated heterocycles. The first-order chi connectivity index (χ1) is 9.78. The fraction of sp³-hybridized carbons (Fsp3) is 0.438. The van der Waals surface area contributed by atoms with Crippen LogP contribution in [-0.2, 0) is 6.54 Å². The number of hydrogen-bond donors (Lipinski definition) is 1. The molecule has 2 aromatic heterocycles. The smallest absolute Gasteiger partial charge is 0.123 e. The Kier molecular flexibility index (Phi) is 3.74. The Labute approximate surface area is 119 Å². The van der Waals surface area contributed by atoms with Gasteiger partial charge in [0.25, 0.3) is 0 Å². The first kappa shape index (κ1) is 13.2. The number of furan rings is 1. The van der Waals surface area contributed by atoms with Crippen LogP contribution in [0.25, 0.3) is 0 Å². The number of nitrogens with zero attached hydrogens (tertiary/aromatic N) is 2. The Morgan fingerprint density at radius 1 is 1.40 bits per heavy atom. The van der Waals surface area contributed by atoms with Gasteiger partial charge < -0.3 is 14.4 Å². The molecular weight excluding hydrogens is 252 g/mol. The van der Waals surface area contributed by atoms with Crippen molar-refractivity contribution in [3.63, 3.8) is 0 Å². The molecule has 2 aromatic rings. The molecule has 2 heterocycles. The molecule has 0 spiro atoms. The summed E-state index contributed by atoms with van der Waals surface area (Å²) in [5, 5.41) is 9.80. The number of rotatable bonds is 6. The molecule has 0 radical (unpaired) electrons.